The van der Waals surface area contributed by atoms with Crippen LogP contribution in [0.5, 0.6) is 0 Å². The zero-order valence-electron chi connectivity index (χ0n) is 13.1. The SMILES string of the molecule is O=C(NC1CCCC1)N1CCCN(C(=O)c2ccc(Cl)s2)CC1. The van der Waals surface area contributed by atoms with Crippen LogP contribution in [0, 0.1) is 0 Å². The van der Waals surface area contributed by atoms with E-state index in [0.717, 1.165) is 19.3 Å². The fourth-order valence-electron chi connectivity index (χ4n) is 3.24. The van der Waals surface area contributed by atoms with E-state index in [2.05, 4.69) is 5.32 Å². The molecule has 1 aliphatic heterocycles. The van der Waals surface area contributed by atoms with E-state index in [4.69, 9.17) is 11.6 Å². The average molecular weight is 356 g/mol. The van der Waals surface area contributed by atoms with E-state index in [1.807, 2.05) is 9.80 Å². The van der Waals surface area contributed by atoms with Gasteiger partial charge in [-0.15, -0.1) is 11.3 Å². The Morgan fingerprint density at radius 1 is 1.04 bits per heavy atom. The van der Waals surface area contributed by atoms with Gasteiger partial charge in [0.2, 0.25) is 0 Å². The molecular weight excluding hydrogens is 334 g/mol. The molecule has 5 nitrogen and oxygen atoms in total. The highest BCUT2D eigenvalue weighted by Crippen LogP contribution is 2.23. The molecule has 2 aliphatic rings. The first-order chi connectivity index (χ1) is 11.1. The fourth-order valence-corrected chi connectivity index (χ4v) is 4.26. The van der Waals surface area contributed by atoms with E-state index in [0.29, 0.717) is 41.4 Å². The number of hydrogen-bond acceptors (Lipinski definition) is 3. The zero-order valence-corrected chi connectivity index (χ0v) is 14.7. The minimum absolute atomic E-state index is 0.0138. The van der Waals surface area contributed by atoms with E-state index in [1.165, 1.54) is 24.2 Å². The van der Waals surface area contributed by atoms with Crippen LogP contribution in [0.4, 0.5) is 4.79 Å². The summed E-state index contributed by atoms with van der Waals surface area (Å²) < 4.78 is 0.626. The van der Waals surface area contributed by atoms with Crippen molar-refractivity contribution in [2.75, 3.05) is 26.2 Å². The molecule has 0 radical (unpaired) electrons. The topological polar surface area (TPSA) is 52.7 Å². The number of nitrogens with zero attached hydrogens (tertiary/aromatic N) is 2. The minimum Gasteiger partial charge on any atom is -0.336 e. The maximum Gasteiger partial charge on any atom is 0.317 e. The molecule has 1 aliphatic carbocycles. The van der Waals surface area contributed by atoms with E-state index in [9.17, 15) is 9.59 Å². The van der Waals surface area contributed by atoms with Gasteiger partial charge in [0.05, 0.1) is 9.21 Å². The first kappa shape index (κ1) is 16.6. The van der Waals surface area contributed by atoms with Crippen molar-refractivity contribution in [3.8, 4) is 0 Å². The fraction of sp³-hybridized carbons (Fsp3) is 0.625. The first-order valence-corrected chi connectivity index (χ1v) is 9.43. The summed E-state index contributed by atoms with van der Waals surface area (Å²) in [5.41, 5.74) is 0. The smallest absolute Gasteiger partial charge is 0.317 e. The number of urea groups is 1. The highest BCUT2D eigenvalue weighted by molar-refractivity contribution is 7.17. The molecule has 2 heterocycles. The second-order valence-corrected chi connectivity index (χ2v) is 7.88. The van der Waals surface area contributed by atoms with Crippen molar-refractivity contribution in [3.05, 3.63) is 21.3 Å². The van der Waals surface area contributed by atoms with Gasteiger partial charge in [0.25, 0.3) is 5.91 Å². The van der Waals surface area contributed by atoms with E-state index >= 15 is 0 Å². The molecule has 3 rings (SSSR count). The van der Waals surface area contributed by atoms with E-state index in [-0.39, 0.29) is 11.9 Å². The van der Waals surface area contributed by atoms with Crippen LogP contribution in [-0.2, 0) is 0 Å². The van der Waals surface area contributed by atoms with Gasteiger partial charge in [0, 0.05) is 32.2 Å². The molecule has 23 heavy (non-hydrogen) atoms. The molecule has 2 fully saturated rings. The third-order valence-corrected chi connectivity index (χ3v) is 5.76. The van der Waals surface area contributed by atoms with Crippen molar-refractivity contribution in [2.24, 2.45) is 0 Å². The lowest BCUT2D eigenvalue weighted by Gasteiger charge is -2.24. The lowest BCUT2D eigenvalue weighted by Crippen LogP contribution is -2.45. The summed E-state index contributed by atoms with van der Waals surface area (Å²) in [5, 5.41) is 3.12. The molecule has 0 aromatic carbocycles. The third kappa shape index (κ3) is 4.18. The van der Waals surface area contributed by atoms with Crippen molar-refractivity contribution in [1.82, 2.24) is 15.1 Å². The molecule has 7 heteroatoms. The van der Waals surface area contributed by atoms with Crippen molar-refractivity contribution in [1.29, 1.82) is 0 Å². The lowest BCUT2D eigenvalue weighted by molar-refractivity contribution is 0.0767. The zero-order chi connectivity index (χ0) is 16.2. The van der Waals surface area contributed by atoms with Crippen molar-refractivity contribution in [2.45, 2.75) is 38.1 Å². The van der Waals surface area contributed by atoms with Gasteiger partial charge in [0.1, 0.15) is 0 Å². The molecule has 0 spiro atoms. The molecule has 1 aromatic rings. The minimum atomic E-state index is 0.0138. The first-order valence-electron chi connectivity index (χ1n) is 8.23. The molecule has 1 N–H and O–H groups in total. The summed E-state index contributed by atoms with van der Waals surface area (Å²) in [6.07, 6.45) is 5.39. The van der Waals surface area contributed by atoms with E-state index in [1.54, 1.807) is 12.1 Å². The Labute approximate surface area is 145 Å². The summed E-state index contributed by atoms with van der Waals surface area (Å²) in [5.74, 6) is 0.0138. The molecule has 3 amide bonds. The van der Waals surface area contributed by atoms with Crippen LogP contribution in [0.3, 0.4) is 0 Å². The molecule has 1 saturated carbocycles. The molecule has 0 bridgehead atoms. The number of halogens is 1. The normalized spacial score (nSPS) is 19.7. The number of amides is 3. The number of hydrogen-bond donors (Lipinski definition) is 1. The molecular formula is C16H22ClN3O2S. The van der Waals surface area contributed by atoms with Gasteiger partial charge in [-0.2, -0.15) is 0 Å². The molecule has 126 valence electrons. The predicted octanol–water partition coefficient (Wildman–Crippen LogP) is 3.20. The van der Waals surface area contributed by atoms with Crippen molar-refractivity contribution >= 4 is 34.9 Å². The van der Waals surface area contributed by atoms with Crippen LogP contribution >= 0.6 is 22.9 Å². The highest BCUT2D eigenvalue weighted by atomic mass is 35.5. The average Bonchev–Trinajstić information content (AvgIpc) is 3.12. The molecule has 1 saturated heterocycles. The second-order valence-electron chi connectivity index (χ2n) is 6.17. The molecule has 0 atom stereocenters. The lowest BCUT2D eigenvalue weighted by atomic mass is 10.2. The quantitative estimate of drug-likeness (QED) is 0.885. The largest absolute Gasteiger partial charge is 0.336 e. The Bertz CT molecular complexity index is 571. The molecule has 1 aromatic heterocycles. The Morgan fingerprint density at radius 3 is 2.43 bits per heavy atom. The summed E-state index contributed by atoms with van der Waals surface area (Å²) in [4.78, 5) is 29.2. The summed E-state index contributed by atoms with van der Waals surface area (Å²) in [6.45, 7) is 2.55. The maximum absolute atomic E-state index is 12.5. The van der Waals surface area contributed by atoms with Crippen LogP contribution in [0.2, 0.25) is 4.34 Å². The number of nitrogens with one attached hydrogen (secondary N) is 1. The van der Waals surface area contributed by atoms with Gasteiger partial charge >= 0.3 is 6.03 Å². The highest BCUT2D eigenvalue weighted by Gasteiger charge is 2.25. The monoisotopic (exact) mass is 355 g/mol. The molecule has 0 unspecified atom stereocenters. The van der Waals surface area contributed by atoms with Crippen LogP contribution in [0.15, 0.2) is 12.1 Å². The summed E-state index contributed by atoms with van der Waals surface area (Å²) >= 11 is 7.21. The Kier molecular flexibility index (Phi) is 5.43. The number of rotatable bonds is 2. The van der Waals surface area contributed by atoms with Crippen molar-refractivity contribution in [3.63, 3.8) is 0 Å². The van der Waals surface area contributed by atoms with Gasteiger partial charge in [-0.1, -0.05) is 24.4 Å². The van der Waals surface area contributed by atoms with Crippen molar-refractivity contribution < 1.29 is 9.59 Å². The predicted molar refractivity (Wildman–Crippen MR) is 92.2 cm³/mol. The van der Waals surface area contributed by atoms with Crippen LogP contribution in [0.25, 0.3) is 0 Å². The Hall–Kier alpha value is -1.27. The van der Waals surface area contributed by atoms with Gasteiger partial charge in [-0.25, -0.2) is 4.79 Å². The Balaban J connectivity index is 1.54. The number of thiophene rings is 1. The van der Waals surface area contributed by atoms with E-state index < -0.39 is 0 Å². The van der Waals surface area contributed by atoms with Gasteiger partial charge < -0.3 is 15.1 Å². The van der Waals surface area contributed by atoms with Crippen LogP contribution in [0.1, 0.15) is 41.8 Å². The van der Waals surface area contributed by atoms with Gasteiger partial charge in [-0.05, 0) is 31.4 Å². The van der Waals surface area contributed by atoms with Crippen LogP contribution < -0.4 is 5.32 Å². The summed E-state index contributed by atoms with van der Waals surface area (Å²) in [6, 6.07) is 3.87. The van der Waals surface area contributed by atoms with Gasteiger partial charge in [0.15, 0.2) is 0 Å². The second kappa shape index (κ2) is 7.53. The Morgan fingerprint density at radius 2 is 1.74 bits per heavy atom. The number of carbonyl (C=O) groups is 2. The maximum atomic E-state index is 12.5. The summed E-state index contributed by atoms with van der Waals surface area (Å²) in [7, 11) is 0. The van der Waals surface area contributed by atoms with Gasteiger partial charge in [-0.3, -0.25) is 4.79 Å². The number of carbonyl (C=O) groups excluding carboxylic acids is 2. The van der Waals surface area contributed by atoms with Crippen LogP contribution in [-0.4, -0.2) is 54.0 Å². The third-order valence-electron chi connectivity index (χ3n) is 4.54. The standard InChI is InChI=1S/C16H22ClN3O2S/c17-14-7-6-13(23-14)15(21)19-8-3-9-20(11-10-19)16(22)18-12-4-1-2-5-12/h6-7,12H,1-5,8-11H2,(H,18,22).